The molecule has 2 heterocycles. The minimum absolute atomic E-state index is 0.0742. The maximum Gasteiger partial charge on any atom is 0.310 e. The molecule has 1 amide bonds. The molecule has 1 saturated heterocycles. The summed E-state index contributed by atoms with van der Waals surface area (Å²) in [4.78, 5) is 31.8. The molecule has 8 rings (SSSR count). The summed E-state index contributed by atoms with van der Waals surface area (Å²) in [5.74, 6) is 1.63. The first-order valence-corrected chi connectivity index (χ1v) is 12.9. The van der Waals surface area contributed by atoms with Gasteiger partial charge in [0.05, 0.1) is 12.5 Å². The highest BCUT2D eigenvalue weighted by Crippen LogP contribution is 2.64. The molecule has 5 unspecified atom stereocenters. The minimum atomic E-state index is -0.421. The van der Waals surface area contributed by atoms with E-state index in [1.807, 2.05) is 35.4 Å². The molecule has 0 spiro atoms. The summed E-state index contributed by atoms with van der Waals surface area (Å²) in [7, 11) is 0. The van der Waals surface area contributed by atoms with Crippen LogP contribution in [0.5, 0.6) is 0 Å². The summed E-state index contributed by atoms with van der Waals surface area (Å²) < 4.78 is 6.35. The van der Waals surface area contributed by atoms with Crippen LogP contribution in [0.25, 0.3) is 10.9 Å². The van der Waals surface area contributed by atoms with Gasteiger partial charge in [-0.1, -0.05) is 18.2 Å². The molecule has 2 aromatic rings. The van der Waals surface area contributed by atoms with Gasteiger partial charge in [-0.2, -0.15) is 5.26 Å². The normalized spacial score (nSPS) is 39.1. The molecule has 6 nitrogen and oxygen atoms in total. The van der Waals surface area contributed by atoms with Gasteiger partial charge in [-0.05, 0) is 86.2 Å². The predicted octanol–water partition coefficient (Wildman–Crippen LogP) is 4.50. The number of aromatic nitrogens is 1. The number of hydrogen-bond acceptors (Lipinski definition) is 4. The van der Waals surface area contributed by atoms with E-state index >= 15 is 0 Å². The van der Waals surface area contributed by atoms with E-state index in [-0.39, 0.29) is 29.8 Å². The molecule has 1 aromatic heterocycles. The maximum atomic E-state index is 13.5. The van der Waals surface area contributed by atoms with Crippen molar-refractivity contribution in [2.75, 3.05) is 0 Å². The molecule has 34 heavy (non-hydrogen) atoms. The van der Waals surface area contributed by atoms with Gasteiger partial charge in [-0.3, -0.25) is 9.59 Å². The SMILES string of the molecule is N#CC1CC2CC2N1C(=O)CC12CC3CC(C1)CC(OC(=O)Cc1c[nH]c4ccccc14)(C3)C2. The quantitative estimate of drug-likeness (QED) is 0.670. The average Bonchev–Trinajstić information content (AvgIpc) is 3.25. The maximum absolute atomic E-state index is 13.5. The highest BCUT2D eigenvalue weighted by Gasteiger charge is 2.61. The number of esters is 1. The number of nitriles is 1. The van der Waals surface area contributed by atoms with E-state index < -0.39 is 5.60 Å². The topological polar surface area (TPSA) is 86.2 Å². The second-order valence-corrected chi connectivity index (χ2v) is 12.1. The molecule has 5 aliphatic carbocycles. The molecular weight excluding hydrogens is 426 g/mol. The van der Waals surface area contributed by atoms with Crippen LogP contribution in [-0.2, 0) is 20.7 Å². The number of nitrogens with one attached hydrogen (secondary N) is 1. The largest absolute Gasteiger partial charge is 0.459 e. The summed E-state index contributed by atoms with van der Waals surface area (Å²) in [6, 6.07) is 10.5. The number of hydrogen-bond donors (Lipinski definition) is 1. The first-order valence-electron chi connectivity index (χ1n) is 12.9. The van der Waals surface area contributed by atoms with Crippen molar-refractivity contribution in [2.24, 2.45) is 23.2 Å². The zero-order valence-electron chi connectivity index (χ0n) is 19.5. The Balaban J connectivity index is 1.09. The van der Waals surface area contributed by atoms with Crippen molar-refractivity contribution >= 4 is 22.8 Å². The van der Waals surface area contributed by atoms with Crippen molar-refractivity contribution in [1.82, 2.24) is 9.88 Å². The minimum Gasteiger partial charge on any atom is -0.459 e. The molecule has 5 atom stereocenters. The summed E-state index contributed by atoms with van der Waals surface area (Å²) >= 11 is 0. The van der Waals surface area contributed by atoms with Gasteiger partial charge in [-0.25, -0.2) is 0 Å². The number of ether oxygens (including phenoxy) is 1. The van der Waals surface area contributed by atoms with Gasteiger partial charge in [0.25, 0.3) is 0 Å². The summed E-state index contributed by atoms with van der Waals surface area (Å²) in [5, 5.41) is 10.6. The van der Waals surface area contributed by atoms with E-state index in [2.05, 4.69) is 11.1 Å². The van der Waals surface area contributed by atoms with Crippen LogP contribution >= 0.6 is 0 Å². The highest BCUT2D eigenvalue weighted by molar-refractivity contribution is 5.87. The number of carbonyl (C=O) groups excluding carboxylic acids is 2. The van der Waals surface area contributed by atoms with E-state index in [0.717, 1.165) is 61.4 Å². The van der Waals surface area contributed by atoms with Crippen molar-refractivity contribution in [3.63, 3.8) is 0 Å². The van der Waals surface area contributed by atoms with Crippen molar-refractivity contribution < 1.29 is 14.3 Å². The van der Waals surface area contributed by atoms with Crippen LogP contribution in [0.1, 0.15) is 63.4 Å². The number of para-hydroxylation sites is 1. The lowest BCUT2D eigenvalue weighted by Crippen LogP contribution is -2.58. The number of H-pyrrole nitrogens is 1. The predicted molar refractivity (Wildman–Crippen MR) is 125 cm³/mol. The fourth-order valence-electron chi connectivity index (χ4n) is 8.74. The first kappa shape index (κ1) is 20.6. The molecule has 6 aliphatic rings. The fourth-order valence-corrected chi connectivity index (χ4v) is 8.74. The van der Waals surface area contributed by atoms with Crippen molar-refractivity contribution in [2.45, 2.75) is 81.9 Å². The van der Waals surface area contributed by atoms with E-state index in [1.165, 1.54) is 6.42 Å². The summed E-state index contributed by atoms with van der Waals surface area (Å²) in [6.45, 7) is 0. The molecule has 176 valence electrons. The van der Waals surface area contributed by atoms with Crippen molar-refractivity contribution in [3.8, 4) is 6.07 Å². The molecule has 1 N–H and O–H groups in total. The number of fused-ring (bicyclic) bond motifs is 2. The van der Waals surface area contributed by atoms with Crippen LogP contribution in [0.3, 0.4) is 0 Å². The zero-order valence-corrected chi connectivity index (χ0v) is 19.5. The Morgan fingerprint density at radius 2 is 1.91 bits per heavy atom. The number of aromatic amines is 1. The number of amides is 1. The van der Waals surface area contributed by atoms with Crippen molar-refractivity contribution in [1.29, 1.82) is 5.26 Å². The number of rotatable bonds is 5. The van der Waals surface area contributed by atoms with Crippen LogP contribution in [0.15, 0.2) is 30.5 Å². The fraction of sp³-hybridized carbons (Fsp3) is 0.607. The van der Waals surface area contributed by atoms with E-state index in [1.54, 1.807) is 0 Å². The van der Waals surface area contributed by atoms with Crippen LogP contribution in [-0.4, -0.2) is 39.4 Å². The molecule has 1 aromatic carbocycles. The third-order valence-corrected chi connectivity index (χ3v) is 9.54. The first-order chi connectivity index (χ1) is 16.4. The monoisotopic (exact) mass is 457 g/mol. The summed E-state index contributed by atoms with van der Waals surface area (Å²) in [6.07, 6.45) is 10.6. The molecule has 6 fully saturated rings. The lowest BCUT2D eigenvalue weighted by Gasteiger charge is -2.61. The second-order valence-electron chi connectivity index (χ2n) is 12.1. The van der Waals surface area contributed by atoms with E-state index in [0.29, 0.717) is 30.2 Å². The lowest BCUT2D eigenvalue weighted by atomic mass is 9.47. The van der Waals surface area contributed by atoms with E-state index in [9.17, 15) is 14.9 Å². The molecule has 6 heteroatoms. The number of piperidine rings is 1. The van der Waals surface area contributed by atoms with Gasteiger partial charge in [0, 0.05) is 29.6 Å². The van der Waals surface area contributed by atoms with E-state index in [4.69, 9.17) is 4.74 Å². The van der Waals surface area contributed by atoms with Crippen LogP contribution in [0.4, 0.5) is 0 Å². The lowest BCUT2D eigenvalue weighted by molar-refractivity contribution is -0.202. The van der Waals surface area contributed by atoms with Crippen LogP contribution in [0, 0.1) is 34.5 Å². The van der Waals surface area contributed by atoms with Gasteiger partial charge in [0.1, 0.15) is 11.6 Å². The molecular formula is C28H31N3O3. The smallest absolute Gasteiger partial charge is 0.310 e. The Kier molecular flexibility index (Phi) is 4.29. The Morgan fingerprint density at radius 1 is 1.12 bits per heavy atom. The number of nitrogens with zero attached hydrogens (tertiary/aromatic N) is 2. The van der Waals surface area contributed by atoms with Gasteiger partial charge in [-0.15, -0.1) is 0 Å². The number of likely N-dealkylation sites (tertiary alicyclic amines) is 1. The highest BCUT2D eigenvalue weighted by atomic mass is 16.6. The second kappa shape index (κ2) is 7.10. The standard InChI is InChI=1S/C28H31N3O3/c29-14-21-6-19-7-24(19)31(21)25(32)13-27-9-17-5-18(10-27)12-28(11-17,16-27)34-26(33)8-20-15-30-23-4-2-1-3-22(20)23/h1-4,15,17-19,21,24,30H,5-13,16H2. The van der Waals surface area contributed by atoms with Gasteiger partial charge < -0.3 is 14.6 Å². The zero-order chi connectivity index (χ0) is 23.1. The Hall–Kier alpha value is -2.81. The number of carbonyl (C=O) groups is 2. The Bertz CT molecular complexity index is 1210. The van der Waals surface area contributed by atoms with Crippen molar-refractivity contribution in [3.05, 3.63) is 36.0 Å². The van der Waals surface area contributed by atoms with Crippen LogP contribution in [0.2, 0.25) is 0 Å². The third kappa shape index (κ3) is 3.20. The number of benzene rings is 1. The summed E-state index contributed by atoms with van der Waals surface area (Å²) in [5.41, 5.74) is 1.52. The van der Waals surface area contributed by atoms with Crippen LogP contribution < -0.4 is 0 Å². The Labute approximate surface area is 199 Å². The average molecular weight is 458 g/mol. The Morgan fingerprint density at radius 3 is 2.71 bits per heavy atom. The van der Waals surface area contributed by atoms with Gasteiger partial charge >= 0.3 is 5.97 Å². The van der Waals surface area contributed by atoms with Gasteiger partial charge in [0.15, 0.2) is 0 Å². The molecule has 4 bridgehead atoms. The molecule has 5 saturated carbocycles. The molecule has 1 aliphatic heterocycles. The van der Waals surface area contributed by atoms with Gasteiger partial charge in [0.2, 0.25) is 5.91 Å². The molecule has 0 radical (unpaired) electrons. The third-order valence-electron chi connectivity index (χ3n) is 9.54.